The Hall–Kier alpha value is -2.42. The first-order valence-electron chi connectivity index (χ1n) is 7.38. The predicted octanol–water partition coefficient (Wildman–Crippen LogP) is 4.19. The van der Waals surface area contributed by atoms with Gasteiger partial charge in [-0.15, -0.1) is 0 Å². The number of benzene rings is 2. The third-order valence-corrected chi connectivity index (χ3v) is 3.46. The molecule has 1 aromatic heterocycles. The van der Waals surface area contributed by atoms with Gasteiger partial charge in [0, 0.05) is 5.69 Å². The zero-order chi connectivity index (χ0) is 14.5. The SMILES string of the molecule is CCCc1ccc(NCc2cnc3ccccc3n2)cc1. The van der Waals surface area contributed by atoms with Crippen molar-refractivity contribution in [1.29, 1.82) is 0 Å². The predicted molar refractivity (Wildman–Crippen MR) is 87.3 cm³/mol. The van der Waals surface area contributed by atoms with E-state index in [0.717, 1.165) is 28.8 Å². The van der Waals surface area contributed by atoms with Crippen molar-refractivity contribution in [2.24, 2.45) is 0 Å². The minimum Gasteiger partial charge on any atom is -0.379 e. The lowest BCUT2D eigenvalue weighted by atomic mass is 10.1. The molecular formula is C18H19N3. The second kappa shape index (κ2) is 6.35. The molecule has 0 bridgehead atoms. The van der Waals surface area contributed by atoms with Crippen LogP contribution in [0.2, 0.25) is 0 Å². The first-order chi connectivity index (χ1) is 10.3. The summed E-state index contributed by atoms with van der Waals surface area (Å²) in [5.41, 5.74) is 5.32. The minimum absolute atomic E-state index is 0.685. The zero-order valence-electron chi connectivity index (χ0n) is 12.2. The summed E-state index contributed by atoms with van der Waals surface area (Å²) in [6, 6.07) is 16.5. The molecule has 0 saturated heterocycles. The summed E-state index contributed by atoms with van der Waals surface area (Å²) in [7, 11) is 0. The van der Waals surface area contributed by atoms with E-state index in [1.54, 1.807) is 0 Å². The molecule has 106 valence electrons. The molecule has 1 heterocycles. The van der Waals surface area contributed by atoms with E-state index in [1.165, 1.54) is 12.0 Å². The number of fused-ring (bicyclic) bond motifs is 1. The van der Waals surface area contributed by atoms with Crippen molar-refractivity contribution in [3.63, 3.8) is 0 Å². The highest BCUT2D eigenvalue weighted by Gasteiger charge is 2.00. The van der Waals surface area contributed by atoms with Gasteiger partial charge in [0.25, 0.3) is 0 Å². The third kappa shape index (κ3) is 3.37. The van der Waals surface area contributed by atoms with Crippen molar-refractivity contribution >= 4 is 16.7 Å². The smallest absolute Gasteiger partial charge is 0.0890 e. The van der Waals surface area contributed by atoms with Crippen LogP contribution < -0.4 is 5.32 Å². The lowest BCUT2D eigenvalue weighted by Gasteiger charge is -2.07. The number of aryl methyl sites for hydroxylation is 1. The van der Waals surface area contributed by atoms with Crippen LogP contribution in [0.5, 0.6) is 0 Å². The Morgan fingerprint density at radius 1 is 0.952 bits per heavy atom. The molecule has 0 saturated carbocycles. The molecule has 0 radical (unpaired) electrons. The Labute approximate surface area is 125 Å². The van der Waals surface area contributed by atoms with E-state index < -0.39 is 0 Å². The zero-order valence-corrected chi connectivity index (χ0v) is 12.2. The molecule has 0 aliphatic rings. The molecule has 2 aromatic carbocycles. The number of aromatic nitrogens is 2. The second-order valence-electron chi connectivity index (χ2n) is 5.15. The summed E-state index contributed by atoms with van der Waals surface area (Å²) in [6.45, 7) is 2.88. The topological polar surface area (TPSA) is 37.8 Å². The average molecular weight is 277 g/mol. The van der Waals surface area contributed by atoms with Gasteiger partial charge in [0.2, 0.25) is 0 Å². The first-order valence-corrected chi connectivity index (χ1v) is 7.38. The van der Waals surface area contributed by atoms with Crippen LogP contribution in [0.1, 0.15) is 24.6 Å². The molecule has 3 rings (SSSR count). The van der Waals surface area contributed by atoms with Crippen molar-refractivity contribution in [3.05, 3.63) is 66.0 Å². The van der Waals surface area contributed by atoms with E-state index in [2.05, 4.69) is 46.5 Å². The molecule has 21 heavy (non-hydrogen) atoms. The van der Waals surface area contributed by atoms with Gasteiger partial charge >= 0.3 is 0 Å². The summed E-state index contributed by atoms with van der Waals surface area (Å²) < 4.78 is 0. The fourth-order valence-corrected chi connectivity index (χ4v) is 2.35. The molecule has 0 fully saturated rings. The van der Waals surface area contributed by atoms with Crippen LogP contribution in [0.4, 0.5) is 5.69 Å². The van der Waals surface area contributed by atoms with E-state index in [9.17, 15) is 0 Å². The average Bonchev–Trinajstić information content (AvgIpc) is 2.54. The Balaban J connectivity index is 1.68. The van der Waals surface area contributed by atoms with E-state index in [-0.39, 0.29) is 0 Å². The standard InChI is InChI=1S/C18H19N3/c1-2-5-14-8-10-15(11-9-14)19-12-16-13-20-17-6-3-4-7-18(17)21-16/h3-4,6-11,13,19H,2,5,12H2,1H3. The van der Waals surface area contributed by atoms with Gasteiger partial charge in [-0.05, 0) is 36.2 Å². The maximum atomic E-state index is 4.61. The summed E-state index contributed by atoms with van der Waals surface area (Å²) in [6.07, 6.45) is 4.15. The molecule has 0 spiro atoms. The Bertz CT molecular complexity index is 720. The van der Waals surface area contributed by atoms with E-state index >= 15 is 0 Å². The summed E-state index contributed by atoms with van der Waals surface area (Å²) in [4.78, 5) is 9.04. The molecule has 3 nitrogen and oxygen atoms in total. The second-order valence-corrected chi connectivity index (χ2v) is 5.15. The van der Waals surface area contributed by atoms with Gasteiger partial charge in [-0.3, -0.25) is 4.98 Å². The molecule has 0 aliphatic carbocycles. The minimum atomic E-state index is 0.685. The van der Waals surface area contributed by atoms with Crippen LogP contribution in [-0.2, 0) is 13.0 Å². The summed E-state index contributed by atoms with van der Waals surface area (Å²) >= 11 is 0. The molecule has 0 aliphatic heterocycles. The van der Waals surface area contributed by atoms with Crippen LogP contribution in [0, 0.1) is 0 Å². The van der Waals surface area contributed by atoms with Gasteiger partial charge in [0.1, 0.15) is 0 Å². The van der Waals surface area contributed by atoms with Gasteiger partial charge < -0.3 is 5.32 Å². The molecular weight excluding hydrogens is 258 g/mol. The van der Waals surface area contributed by atoms with Gasteiger partial charge in [-0.1, -0.05) is 37.6 Å². The number of nitrogens with one attached hydrogen (secondary N) is 1. The van der Waals surface area contributed by atoms with E-state index in [0.29, 0.717) is 6.54 Å². The number of para-hydroxylation sites is 2. The Morgan fingerprint density at radius 2 is 1.71 bits per heavy atom. The molecule has 0 amide bonds. The lowest BCUT2D eigenvalue weighted by molar-refractivity contribution is 0.921. The van der Waals surface area contributed by atoms with Crippen LogP contribution in [0.15, 0.2) is 54.7 Å². The van der Waals surface area contributed by atoms with E-state index in [1.807, 2.05) is 30.5 Å². The number of rotatable bonds is 5. The monoisotopic (exact) mass is 277 g/mol. The number of anilines is 1. The molecule has 3 heteroatoms. The lowest BCUT2D eigenvalue weighted by Crippen LogP contribution is -2.02. The van der Waals surface area contributed by atoms with Crippen LogP contribution >= 0.6 is 0 Å². The van der Waals surface area contributed by atoms with Gasteiger partial charge in [0.05, 0.1) is 29.5 Å². The highest BCUT2D eigenvalue weighted by atomic mass is 14.9. The van der Waals surface area contributed by atoms with Gasteiger partial charge in [-0.25, -0.2) is 4.98 Å². The molecule has 0 unspecified atom stereocenters. The molecule has 3 aromatic rings. The normalized spacial score (nSPS) is 10.7. The van der Waals surface area contributed by atoms with Crippen molar-refractivity contribution in [2.75, 3.05) is 5.32 Å². The molecule has 0 atom stereocenters. The van der Waals surface area contributed by atoms with E-state index in [4.69, 9.17) is 0 Å². The number of hydrogen-bond donors (Lipinski definition) is 1. The third-order valence-electron chi connectivity index (χ3n) is 3.46. The maximum Gasteiger partial charge on any atom is 0.0890 e. The van der Waals surface area contributed by atoms with Crippen LogP contribution in [0.25, 0.3) is 11.0 Å². The highest BCUT2D eigenvalue weighted by Crippen LogP contribution is 2.13. The van der Waals surface area contributed by atoms with Crippen LogP contribution in [0.3, 0.4) is 0 Å². The quantitative estimate of drug-likeness (QED) is 0.759. The fourth-order valence-electron chi connectivity index (χ4n) is 2.35. The number of nitrogens with zero attached hydrogens (tertiary/aromatic N) is 2. The molecule has 1 N–H and O–H groups in total. The Morgan fingerprint density at radius 3 is 2.48 bits per heavy atom. The van der Waals surface area contributed by atoms with Crippen molar-refractivity contribution < 1.29 is 0 Å². The van der Waals surface area contributed by atoms with Crippen LogP contribution in [-0.4, -0.2) is 9.97 Å². The van der Waals surface area contributed by atoms with Crippen molar-refractivity contribution in [1.82, 2.24) is 9.97 Å². The number of hydrogen-bond acceptors (Lipinski definition) is 3. The maximum absolute atomic E-state index is 4.61. The largest absolute Gasteiger partial charge is 0.379 e. The van der Waals surface area contributed by atoms with Gasteiger partial charge in [-0.2, -0.15) is 0 Å². The summed E-state index contributed by atoms with van der Waals surface area (Å²) in [5, 5.41) is 3.39. The summed E-state index contributed by atoms with van der Waals surface area (Å²) in [5.74, 6) is 0. The van der Waals surface area contributed by atoms with Crippen molar-refractivity contribution in [3.8, 4) is 0 Å². The fraction of sp³-hybridized carbons (Fsp3) is 0.222. The van der Waals surface area contributed by atoms with Gasteiger partial charge in [0.15, 0.2) is 0 Å². The van der Waals surface area contributed by atoms with Crippen molar-refractivity contribution in [2.45, 2.75) is 26.3 Å². The highest BCUT2D eigenvalue weighted by molar-refractivity contribution is 5.73. The Kier molecular flexibility index (Phi) is 4.10. The first kappa shape index (κ1) is 13.6.